The molecular weight excluding hydrogens is 404 g/mol. The van der Waals surface area contributed by atoms with Gasteiger partial charge in [-0.3, -0.25) is 14.3 Å². The van der Waals surface area contributed by atoms with Gasteiger partial charge in [0.2, 0.25) is 5.91 Å². The Morgan fingerprint density at radius 3 is 2.47 bits per heavy atom. The minimum atomic E-state index is -0.211. The van der Waals surface area contributed by atoms with Gasteiger partial charge in [-0.2, -0.15) is 5.10 Å². The lowest BCUT2D eigenvalue weighted by atomic mass is 9.78. The maximum Gasteiger partial charge on any atom is 0.255 e. The largest absolute Gasteiger partial charge is 0.497 e. The fourth-order valence-electron chi connectivity index (χ4n) is 4.34. The minimum absolute atomic E-state index is 0.0408. The minimum Gasteiger partial charge on any atom is -0.497 e. The van der Waals surface area contributed by atoms with E-state index in [1.165, 1.54) is 10.2 Å². The fourth-order valence-corrected chi connectivity index (χ4v) is 4.34. The first-order valence-electron chi connectivity index (χ1n) is 10.9. The van der Waals surface area contributed by atoms with Crippen LogP contribution in [-0.4, -0.2) is 35.2 Å². The summed E-state index contributed by atoms with van der Waals surface area (Å²) < 4.78 is 6.81. The number of hydrogen-bond donors (Lipinski definition) is 2. The molecule has 7 heteroatoms. The van der Waals surface area contributed by atoms with E-state index in [0.29, 0.717) is 17.8 Å². The quantitative estimate of drug-likeness (QED) is 0.567. The number of aromatic nitrogens is 2. The van der Waals surface area contributed by atoms with E-state index in [1.807, 2.05) is 30.3 Å². The van der Waals surface area contributed by atoms with E-state index in [1.54, 1.807) is 31.6 Å². The number of hydrogen-bond acceptors (Lipinski definition) is 4. The molecule has 1 aliphatic carbocycles. The summed E-state index contributed by atoms with van der Waals surface area (Å²) in [5, 5.41) is 10.1. The number of methoxy groups -OCH3 is 1. The number of nitrogens with zero attached hydrogens (tertiary/aromatic N) is 2. The molecule has 2 amide bonds. The summed E-state index contributed by atoms with van der Waals surface area (Å²) in [7, 11) is 1.66. The van der Waals surface area contributed by atoms with Crippen molar-refractivity contribution in [3.8, 4) is 5.75 Å². The van der Waals surface area contributed by atoms with Crippen LogP contribution in [0, 0.1) is 0 Å². The first kappa shape index (κ1) is 21.6. The summed E-state index contributed by atoms with van der Waals surface area (Å²) in [5.41, 5.74) is 2.32. The van der Waals surface area contributed by atoms with Crippen LogP contribution in [0.2, 0.25) is 0 Å². The summed E-state index contributed by atoms with van der Waals surface area (Å²) >= 11 is 0. The van der Waals surface area contributed by atoms with Crippen LogP contribution in [0.1, 0.15) is 41.6 Å². The van der Waals surface area contributed by atoms with Gasteiger partial charge in [0.1, 0.15) is 12.3 Å². The predicted molar refractivity (Wildman–Crippen MR) is 123 cm³/mol. The Morgan fingerprint density at radius 2 is 1.78 bits per heavy atom. The Bertz CT molecular complexity index is 1050. The number of ether oxygens (including phenoxy) is 1. The van der Waals surface area contributed by atoms with Crippen LogP contribution in [-0.2, 0) is 16.8 Å². The van der Waals surface area contributed by atoms with Crippen molar-refractivity contribution < 1.29 is 14.3 Å². The summed E-state index contributed by atoms with van der Waals surface area (Å²) in [6.45, 7) is 0.691. The summed E-state index contributed by atoms with van der Waals surface area (Å²) in [5.74, 6) is 0.519. The topological polar surface area (TPSA) is 85.2 Å². The molecule has 0 bridgehead atoms. The number of carbonyl (C=O) groups excluding carboxylic acids is 2. The highest BCUT2D eigenvalue weighted by atomic mass is 16.5. The molecule has 0 unspecified atom stereocenters. The first-order valence-corrected chi connectivity index (χ1v) is 10.9. The van der Waals surface area contributed by atoms with Crippen LogP contribution in [0.4, 0.5) is 5.69 Å². The highest BCUT2D eigenvalue weighted by Crippen LogP contribution is 2.41. The van der Waals surface area contributed by atoms with Crippen LogP contribution < -0.4 is 15.4 Å². The molecule has 1 aromatic heterocycles. The van der Waals surface area contributed by atoms with E-state index in [4.69, 9.17) is 4.74 Å². The van der Waals surface area contributed by atoms with Gasteiger partial charge in [-0.1, -0.05) is 43.2 Å². The van der Waals surface area contributed by atoms with E-state index in [-0.39, 0.29) is 23.8 Å². The lowest BCUT2D eigenvalue weighted by Gasteiger charge is -2.30. The zero-order valence-electron chi connectivity index (χ0n) is 18.2. The van der Waals surface area contributed by atoms with Gasteiger partial charge >= 0.3 is 0 Å². The number of nitrogens with one attached hydrogen (secondary N) is 2. The Kier molecular flexibility index (Phi) is 6.54. The molecule has 166 valence electrons. The second-order valence-electron chi connectivity index (χ2n) is 8.24. The van der Waals surface area contributed by atoms with Crippen LogP contribution >= 0.6 is 0 Å². The van der Waals surface area contributed by atoms with Gasteiger partial charge in [0, 0.05) is 23.7 Å². The highest BCUT2D eigenvalue weighted by Gasteiger charge is 2.35. The molecule has 32 heavy (non-hydrogen) atoms. The van der Waals surface area contributed by atoms with Gasteiger partial charge < -0.3 is 15.4 Å². The summed E-state index contributed by atoms with van der Waals surface area (Å²) in [6.07, 6.45) is 7.63. The molecule has 7 nitrogen and oxygen atoms in total. The van der Waals surface area contributed by atoms with Crippen LogP contribution in [0.5, 0.6) is 5.75 Å². The number of benzene rings is 2. The van der Waals surface area contributed by atoms with Crippen molar-refractivity contribution in [1.29, 1.82) is 0 Å². The average molecular weight is 433 g/mol. The monoisotopic (exact) mass is 432 g/mol. The van der Waals surface area contributed by atoms with Crippen molar-refractivity contribution in [2.24, 2.45) is 0 Å². The van der Waals surface area contributed by atoms with E-state index in [9.17, 15) is 9.59 Å². The molecule has 0 aliphatic heterocycles. The molecule has 0 radical (unpaired) electrons. The van der Waals surface area contributed by atoms with E-state index in [2.05, 4.69) is 27.9 Å². The highest BCUT2D eigenvalue weighted by molar-refractivity contribution is 6.04. The van der Waals surface area contributed by atoms with Crippen molar-refractivity contribution in [3.05, 3.63) is 78.1 Å². The maximum absolute atomic E-state index is 12.6. The average Bonchev–Trinajstić information content (AvgIpc) is 3.49. The number of rotatable bonds is 8. The van der Waals surface area contributed by atoms with Crippen LogP contribution in [0.15, 0.2) is 67.0 Å². The van der Waals surface area contributed by atoms with Gasteiger partial charge in [0.25, 0.3) is 5.91 Å². The molecule has 1 heterocycles. The second kappa shape index (κ2) is 9.68. The number of carbonyl (C=O) groups is 2. The van der Waals surface area contributed by atoms with Crippen molar-refractivity contribution in [2.45, 2.75) is 37.6 Å². The van der Waals surface area contributed by atoms with Crippen molar-refractivity contribution >= 4 is 17.5 Å². The maximum atomic E-state index is 12.6. The SMILES string of the molecule is COc1ccc(C2(CNC(=O)Cn3cc(NC(=O)c4ccccc4)cn3)CCCC2)cc1. The van der Waals surface area contributed by atoms with E-state index < -0.39 is 0 Å². The molecule has 3 aromatic rings. The lowest BCUT2D eigenvalue weighted by molar-refractivity contribution is -0.122. The van der Waals surface area contributed by atoms with Crippen molar-refractivity contribution in [3.63, 3.8) is 0 Å². The number of amides is 2. The first-order chi connectivity index (χ1) is 15.6. The molecule has 1 saturated carbocycles. The molecule has 0 saturated heterocycles. The molecular formula is C25H28N4O3. The smallest absolute Gasteiger partial charge is 0.255 e. The standard InChI is InChI=1S/C25H28N4O3/c1-32-22-11-9-20(10-12-22)25(13-5-6-14-25)18-26-23(30)17-29-16-21(15-27-29)28-24(31)19-7-3-2-4-8-19/h2-4,7-12,15-16H,5-6,13-14,17-18H2,1H3,(H,26,30)(H,28,31). The molecule has 4 rings (SSSR count). The third-order valence-electron chi connectivity index (χ3n) is 6.12. The number of anilines is 1. The van der Waals surface area contributed by atoms with Crippen LogP contribution in [0.25, 0.3) is 0 Å². The summed E-state index contributed by atoms with van der Waals surface area (Å²) in [6, 6.07) is 17.1. The fraction of sp³-hybridized carbons (Fsp3) is 0.320. The molecule has 2 aromatic carbocycles. The zero-order chi connectivity index (χ0) is 22.4. The molecule has 0 spiro atoms. The molecule has 0 atom stereocenters. The normalized spacial score (nSPS) is 14.7. The van der Waals surface area contributed by atoms with Gasteiger partial charge in [0.05, 0.1) is 19.0 Å². The Labute approximate surface area is 187 Å². The van der Waals surface area contributed by atoms with Gasteiger partial charge in [-0.05, 0) is 42.7 Å². The van der Waals surface area contributed by atoms with Crippen molar-refractivity contribution in [1.82, 2.24) is 15.1 Å². The molecule has 2 N–H and O–H groups in total. The second-order valence-corrected chi connectivity index (χ2v) is 8.24. The van der Waals surface area contributed by atoms with Gasteiger partial charge in [-0.25, -0.2) is 0 Å². The predicted octanol–water partition coefficient (Wildman–Crippen LogP) is 3.77. The van der Waals surface area contributed by atoms with Gasteiger partial charge in [0.15, 0.2) is 0 Å². The lowest BCUT2D eigenvalue weighted by Crippen LogP contribution is -2.40. The molecule has 1 aliphatic rings. The summed E-state index contributed by atoms with van der Waals surface area (Å²) in [4.78, 5) is 24.9. The Morgan fingerprint density at radius 1 is 1.06 bits per heavy atom. The molecule has 1 fully saturated rings. The third-order valence-corrected chi connectivity index (χ3v) is 6.12. The third kappa shape index (κ3) is 4.99. The van der Waals surface area contributed by atoms with Gasteiger partial charge in [-0.15, -0.1) is 0 Å². The van der Waals surface area contributed by atoms with Crippen LogP contribution in [0.3, 0.4) is 0 Å². The Balaban J connectivity index is 1.33. The van der Waals surface area contributed by atoms with Crippen molar-refractivity contribution in [2.75, 3.05) is 19.0 Å². The zero-order valence-corrected chi connectivity index (χ0v) is 18.2. The Hall–Kier alpha value is -3.61. The van der Waals surface area contributed by atoms with E-state index >= 15 is 0 Å². The van der Waals surface area contributed by atoms with E-state index in [0.717, 1.165) is 31.4 Å².